The van der Waals surface area contributed by atoms with Crippen LogP contribution in [0.1, 0.15) is 33.4 Å². The van der Waals surface area contributed by atoms with E-state index in [0.717, 1.165) is 22.6 Å². The summed E-state index contributed by atoms with van der Waals surface area (Å²) in [6.45, 7) is 4.15. The molecule has 2 aromatic heterocycles. The maximum Gasteiger partial charge on any atom is 0.291 e. The van der Waals surface area contributed by atoms with Gasteiger partial charge in [-0.15, -0.1) is 11.3 Å². The van der Waals surface area contributed by atoms with Crippen LogP contribution < -0.4 is 5.43 Å². The number of carbonyl (C=O) groups excluding carboxylic acids is 1. The zero-order valence-electron chi connectivity index (χ0n) is 13.5. The first-order valence-electron chi connectivity index (χ1n) is 7.70. The maximum absolute atomic E-state index is 12.1. The molecule has 0 fully saturated rings. The Hall–Kier alpha value is -2.73. The van der Waals surface area contributed by atoms with Gasteiger partial charge in [-0.2, -0.15) is 10.2 Å². The van der Waals surface area contributed by atoms with E-state index >= 15 is 0 Å². The summed E-state index contributed by atoms with van der Waals surface area (Å²) in [5, 5.41) is 10.9. The van der Waals surface area contributed by atoms with Crippen molar-refractivity contribution in [2.24, 2.45) is 5.10 Å². The van der Waals surface area contributed by atoms with Crippen molar-refractivity contribution in [3.63, 3.8) is 0 Å². The Morgan fingerprint density at radius 3 is 2.75 bits per heavy atom. The molecule has 2 N–H and O–H groups in total. The predicted octanol–water partition coefficient (Wildman–Crippen LogP) is 3.77. The normalized spacial score (nSPS) is 11.1. The Morgan fingerprint density at radius 2 is 2.08 bits per heavy atom. The van der Waals surface area contributed by atoms with Gasteiger partial charge in [-0.05, 0) is 42.7 Å². The van der Waals surface area contributed by atoms with Crippen molar-refractivity contribution in [2.75, 3.05) is 0 Å². The van der Waals surface area contributed by atoms with Crippen LogP contribution in [-0.2, 0) is 6.42 Å². The molecule has 0 saturated carbocycles. The molecule has 6 heteroatoms. The lowest BCUT2D eigenvalue weighted by Crippen LogP contribution is -2.17. The Bertz CT molecular complexity index is 861. The molecule has 0 bridgehead atoms. The number of carbonyl (C=O) groups is 1. The van der Waals surface area contributed by atoms with Crippen LogP contribution in [0, 0.1) is 6.92 Å². The fraction of sp³-hybridized carbons (Fsp3) is 0.167. The number of thiophene rings is 1. The van der Waals surface area contributed by atoms with Crippen LogP contribution >= 0.6 is 11.3 Å². The predicted molar refractivity (Wildman–Crippen MR) is 97.5 cm³/mol. The quantitative estimate of drug-likeness (QED) is 0.549. The summed E-state index contributed by atoms with van der Waals surface area (Å²) in [5.74, 6) is -0.341. The summed E-state index contributed by atoms with van der Waals surface area (Å²) >= 11 is 1.65. The molecular weight excluding hydrogens is 320 g/mol. The first-order chi connectivity index (χ1) is 11.7. The van der Waals surface area contributed by atoms with Gasteiger partial charge in [0.05, 0.1) is 16.8 Å². The number of rotatable bonds is 5. The van der Waals surface area contributed by atoms with Gasteiger partial charge >= 0.3 is 0 Å². The van der Waals surface area contributed by atoms with Crippen LogP contribution in [0.5, 0.6) is 0 Å². The van der Waals surface area contributed by atoms with Gasteiger partial charge in [-0.1, -0.05) is 31.2 Å². The minimum Gasteiger partial charge on any atom is -0.276 e. The Morgan fingerprint density at radius 1 is 1.29 bits per heavy atom. The van der Waals surface area contributed by atoms with E-state index in [-0.39, 0.29) is 5.91 Å². The molecule has 1 amide bonds. The lowest BCUT2D eigenvalue weighted by Gasteiger charge is -1.97. The van der Waals surface area contributed by atoms with E-state index in [4.69, 9.17) is 0 Å². The zero-order valence-corrected chi connectivity index (χ0v) is 14.4. The second-order valence-electron chi connectivity index (χ2n) is 5.37. The molecule has 0 aliphatic heterocycles. The van der Waals surface area contributed by atoms with E-state index < -0.39 is 0 Å². The molecular formula is C18H18N4OS. The number of H-pyrrole nitrogens is 1. The zero-order chi connectivity index (χ0) is 16.9. The summed E-state index contributed by atoms with van der Waals surface area (Å²) in [5.41, 5.74) is 5.84. The third kappa shape index (κ3) is 3.78. The second-order valence-corrected chi connectivity index (χ2v) is 6.66. The molecule has 0 atom stereocenters. The van der Waals surface area contributed by atoms with E-state index in [2.05, 4.69) is 27.6 Å². The number of nitrogens with one attached hydrogen (secondary N) is 2. The van der Waals surface area contributed by atoms with Crippen LogP contribution in [0.3, 0.4) is 0 Å². The smallest absolute Gasteiger partial charge is 0.276 e. The molecule has 0 radical (unpaired) electrons. The number of benzene rings is 1. The van der Waals surface area contributed by atoms with E-state index in [1.165, 1.54) is 10.4 Å². The first-order valence-corrected chi connectivity index (χ1v) is 8.52. The second kappa shape index (κ2) is 7.23. The van der Waals surface area contributed by atoms with Crippen molar-refractivity contribution in [1.29, 1.82) is 0 Å². The Balaban J connectivity index is 1.62. The highest BCUT2D eigenvalue weighted by molar-refractivity contribution is 7.15. The molecule has 1 aromatic carbocycles. The summed E-state index contributed by atoms with van der Waals surface area (Å²) in [6, 6.07) is 13.8. The highest BCUT2D eigenvalue weighted by atomic mass is 32.1. The molecule has 0 saturated heterocycles. The molecule has 0 spiro atoms. The van der Waals surface area contributed by atoms with Crippen molar-refractivity contribution in [3.05, 3.63) is 64.2 Å². The van der Waals surface area contributed by atoms with Crippen molar-refractivity contribution >= 4 is 23.5 Å². The number of hydrogen-bond donors (Lipinski definition) is 2. The van der Waals surface area contributed by atoms with Gasteiger partial charge in [-0.25, -0.2) is 5.43 Å². The van der Waals surface area contributed by atoms with Crippen LogP contribution in [0.15, 0.2) is 47.6 Å². The minimum atomic E-state index is -0.341. The molecule has 0 aliphatic carbocycles. The van der Waals surface area contributed by atoms with Crippen molar-refractivity contribution in [3.8, 4) is 10.6 Å². The fourth-order valence-electron chi connectivity index (χ4n) is 2.21. The molecule has 3 rings (SSSR count). The number of nitrogens with zero attached hydrogens (tertiary/aromatic N) is 2. The van der Waals surface area contributed by atoms with Crippen LogP contribution in [0.2, 0.25) is 0 Å². The first kappa shape index (κ1) is 16.1. The molecule has 24 heavy (non-hydrogen) atoms. The van der Waals surface area contributed by atoms with Crippen molar-refractivity contribution in [2.45, 2.75) is 20.3 Å². The Kier molecular flexibility index (Phi) is 4.86. The van der Waals surface area contributed by atoms with Crippen molar-refractivity contribution < 1.29 is 4.79 Å². The SMILES string of the molecule is CCc1ccc(/C=N/NC(=O)c2cc(-c3ccc(C)s3)[nH]n2)cc1. The number of amides is 1. The van der Waals surface area contributed by atoms with Gasteiger partial charge < -0.3 is 0 Å². The number of aromatic nitrogens is 2. The van der Waals surface area contributed by atoms with Gasteiger partial charge in [0.25, 0.3) is 5.91 Å². The molecule has 2 heterocycles. The largest absolute Gasteiger partial charge is 0.291 e. The molecule has 122 valence electrons. The summed E-state index contributed by atoms with van der Waals surface area (Å²) in [6.07, 6.45) is 2.62. The fourth-order valence-corrected chi connectivity index (χ4v) is 3.04. The topological polar surface area (TPSA) is 70.1 Å². The van der Waals surface area contributed by atoms with Gasteiger partial charge in [0.2, 0.25) is 0 Å². The van der Waals surface area contributed by atoms with Gasteiger partial charge in [0.15, 0.2) is 5.69 Å². The number of hydrogen-bond acceptors (Lipinski definition) is 4. The Labute approximate surface area is 144 Å². The van der Waals surface area contributed by atoms with E-state index in [1.807, 2.05) is 43.3 Å². The molecule has 0 unspecified atom stereocenters. The molecule has 3 aromatic rings. The lowest BCUT2D eigenvalue weighted by molar-refractivity contribution is 0.0950. The summed E-state index contributed by atoms with van der Waals surface area (Å²) < 4.78 is 0. The highest BCUT2D eigenvalue weighted by Gasteiger charge is 2.11. The van der Waals surface area contributed by atoms with E-state index in [0.29, 0.717) is 5.69 Å². The van der Waals surface area contributed by atoms with Crippen LogP contribution in [0.4, 0.5) is 0 Å². The number of aromatic amines is 1. The third-order valence-corrected chi connectivity index (χ3v) is 4.62. The summed E-state index contributed by atoms with van der Waals surface area (Å²) in [7, 11) is 0. The number of hydrazone groups is 1. The molecule has 0 aliphatic rings. The summed E-state index contributed by atoms with van der Waals surface area (Å²) in [4.78, 5) is 14.3. The lowest BCUT2D eigenvalue weighted by atomic mass is 10.1. The minimum absolute atomic E-state index is 0.314. The monoisotopic (exact) mass is 338 g/mol. The maximum atomic E-state index is 12.1. The van der Waals surface area contributed by atoms with Gasteiger partial charge in [-0.3, -0.25) is 9.89 Å². The average Bonchev–Trinajstić information content (AvgIpc) is 3.24. The van der Waals surface area contributed by atoms with Gasteiger partial charge in [0.1, 0.15) is 0 Å². The molecule has 5 nitrogen and oxygen atoms in total. The van der Waals surface area contributed by atoms with E-state index in [1.54, 1.807) is 23.6 Å². The van der Waals surface area contributed by atoms with Crippen molar-refractivity contribution in [1.82, 2.24) is 15.6 Å². The van der Waals surface area contributed by atoms with Crippen LogP contribution in [0.25, 0.3) is 10.6 Å². The number of aryl methyl sites for hydroxylation is 2. The highest BCUT2D eigenvalue weighted by Crippen LogP contribution is 2.26. The third-order valence-electron chi connectivity index (χ3n) is 3.58. The average molecular weight is 338 g/mol. The van der Waals surface area contributed by atoms with E-state index in [9.17, 15) is 4.79 Å². The standard InChI is InChI=1S/C18H18N4OS/c1-3-13-5-7-14(8-6-13)11-19-22-18(23)16-10-15(20-21-16)17-9-4-12(2)24-17/h4-11H,3H2,1-2H3,(H,20,21)(H,22,23)/b19-11+. The van der Waals surface area contributed by atoms with Gasteiger partial charge in [0, 0.05) is 4.88 Å². The van der Waals surface area contributed by atoms with Crippen LogP contribution in [-0.4, -0.2) is 22.3 Å².